The predicted molar refractivity (Wildman–Crippen MR) is 86.0 cm³/mol. The van der Waals surface area contributed by atoms with Gasteiger partial charge >= 0.3 is 5.97 Å². The number of ether oxygens (including phenoxy) is 1. The van der Waals surface area contributed by atoms with Crippen LogP contribution in [-0.2, 0) is 9.53 Å². The first-order chi connectivity index (χ1) is 10.5. The first kappa shape index (κ1) is 16.3. The van der Waals surface area contributed by atoms with Gasteiger partial charge in [0.25, 0.3) is 5.91 Å². The maximum Gasteiger partial charge on any atom is 0.338 e. The zero-order valence-electron chi connectivity index (χ0n) is 13.5. The molecule has 1 saturated carbocycles. The Morgan fingerprint density at radius 3 is 2.32 bits per heavy atom. The van der Waals surface area contributed by atoms with Crippen molar-refractivity contribution >= 4 is 17.6 Å². The van der Waals surface area contributed by atoms with Crippen molar-refractivity contribution in [2.45, 2.75) is 44.8 Å². The predicted octanol–water partition coefficient (Wildman–Crippen LogP) is 2.36. The van der Waals surface area contributed by atoms with Gasteiger partial charge in [-0.1, -0.05) is 12.8 Å². The number of nitrogens with one attached hydrogen (secondary N) is 1. The van der Waals surface area contributed by atoms with Crippen molar-refractivity contribution in [1.29, 1.82) is 0 Å². The number of hydrogen-bond donors (Lipinski definition) is 1. The second-order valence-electron chi connectivity index (χ2n) is 5.98. The topological polar surface area (TPSA) is 58.6 Å². The van der Waals surface area contributed by atoms with E-state index in [1.54, 1.807) is 19.1 Å². The highest BCUT2D eigenvalue weighted by atomic mass is 16.5. The number of esters is 1. The minimum atomic E-state index is -0.776. The quantitative estimate of drug-likeness (QED) is 0.848. The van der Waals surface area contributed by atoms with E-state index in [1.807, 2.05) is 31.1 Å². The van der Waals surface area contributed by atoms with Gasteiger partial charge in [-0.25, -0.2) is 4.79 Å². The summed E-state index contributed by atoms with van der Waals surface area (Å²) in [5, 5.41) is 2.94. The highest BCUT2D eigenvalue weighted by Crippen LogP contribution is 2.18. The van der Waals surface area contributed by atoms with Crippen LogP contribution in [0.2, 0.25) is 0 Å². The zero-order chi connectivity index (χ0) is 16.1. The summed E-state index contributed by atoms with van der Waals surface area (Å²) in [7, 11) is 3.87. The Hall–Kier alpha value is -2.04. The Kier molecular flexibility index (Phi) is 5.41. The maximum atomic E-state index is 12.1. The third kappa shape index (κ3) is 4.23. The summed E-state index contributed by atoms with van der Waals surface area (Å²) in [6.07, 6.45) is 3.55. The fourth-order valence-corrected chi connectivity index (χ4v) is 2.57. The van der Waals surface area contributed by atoms with E-state index in [4.69, 9.17) is 4.74 Å². The second-order valence-corrected chi connectivity index (χ2v) is 5.98. The van der Waals surface area contributed by atoms with Gasteiger partial charge in [0, 0.05) is 25.8 Å². The molecular formula is C17H24N2O3. The molecule has 5 heteroatoms. The summed E-state index contributed by atoms with van der Waals surface area (Å²) in [6, 6.07) is 7.34. The third-order valence-corrected chi connectivity index (χ3v) is 3.97. The molecule has 0 radical (unpaired) electrons. The van der Waals surface area contributed by atoms with Gasteiger partial charge < -0.3 is 15.0 Å². The van der Waals surface area contributed by atoms with E-state index in [-0.39, 0.29) is 11.9 Å². The Balaban J connectivity index is 1.88. The highest BCUT2D eigenvalue weighted by molar-refractivity contribution is 5.92. The average molecular weight is 304 g/mol. The second kappa shape index (κ2) is 7.29. The molecular weight excluding hydrogens is 280 g/mol. The minimum Gasteiger partial charge on any atom is -0.449 e. The van der Waals surface area contributed by atoms with E-state index in [2.05, 4.69) is 5.32 Å². The van der Waals surface area contributed by atoms with E-state index in [0.717, 1.165) is 31.4 Å². The fraction of sp³-hybridized carbons (Fsp3) is 0.529. The molecule has 5 nitrogen and oxygen atoms in total. The van der Waals surface area contributed by atoms with Crippen molar-refractivity contribution in [2.75, 3.05) is 19.0 Å². The Labute approximate surface area is 131 Å². The van der Waals surface area contributed by atoms with Crippen molar-refractivity contribution in [2.24, 2.45) is 0 Å². The number of amides is 1. The molecule has 0 spiro atoms. The van der Waals surface area contributed by atoms with Crippen LogP contribution in [0.4, 0.5) is 5.69 Å². The first-order valence-corrected chi connectivity index (χ1v) is 7.76. The molecule has 0 aliphatic heterocycles. The maximum absolute atomic E-state index is 12.1. The molecule has 1 aliphatic rings. The van der Waals surface area contributed by atoms with Crippen molar-refractivity contribution in [3.8, 4) is 0 Å². The Bertz CT molecular complexity index is 519. The normalized spacial score (nSPS) is 16.1. The Morgan fingerprint density at radius 2 is 1.77 bits per heavy atom. The molecule has 1 aromatic rings. The lowest BCUT2D eigenvalue weighted by Gasteiger charge is -2.17. The number of carbonyl (C=O) groups is 2. The molecule has 2 rings (SSSR count). The highest BCUT2D eigenvalue weighted by Gasteiger charge is 2.23. The largest absolute Gasteiger partial charge is 0.449 e. The standard InChI is InChI=1S/C17H24N2O3/c1-12(16(20)18-14-6-4-5-7-14)22-17(21)13-8-10-15(11-9-13)19(2)3/h8-12,14H,4-7H2,1-3H3,(H,18,20). The molecule has 1 amide bonds. The molecule has 1 N–H and O–H groups in total. The van der Waals surface area contributed by atoms with Crippen molar-refractivity contribution in [3.05, 3.63) is 29.8 Å². The first-order valence-electron chi connectivity index (χ1n) is 7.76. The smallest absolute Gasteiger partial charge is 0.338 e. The molecule has 0 bridgehead atoms. The van der Waals surface area contributed by atoms with Gasteiger partial charge in [-0.15, -0.1) is 0 Å². The van der Waals surface area contributed by atoms with Crippen LogP contribution in [0.25, 0.3) is 0 Å². The van der Waals surface area contributed by atoms with Crippen LogP contribution < -0.4 is 10.2 Å². The van der Waals surface area contributed by atoms with Crippen molar-refractivity contribution in [3.63, 3.8) is 0 Å². The molecule has 0 heterocycles. The number of benzene rings is 1. The molecule has 1 atom stereocenters. The summed E-state index contributed by atoms with van der Waals surface area (Å²) < 4.78 is 5.24. The van der Waals surface area contributed by atoms with E-state index in [1.165, 1.54) is 0 Å². The number of carbonyl (C=O) groups excluding carboxylic acids is 2. The van der Waals surface area contributed by atoms with Gasteiger partial charge in [0.05, 0.1) is 5.56 Å². The van der Waals surface area contributed by atoms with Gasteiger partial charge in [0.1, 0.15) is 0 Å². The number of rotatable bonds is 5. The van der Waals surface area contributed by atoms with Crippen LogP contribution in [0.5, 0.6) is 0 Å². The van der Waals surface area contributed by atoms with Crippen molar-refractivity contribution < 1.29 is 14.3 Å². The minimum absolute atomic E-state index is 0.217. The SMILES string of the molecule is CC(OC(=O)c1ccc(N(C)C)cc1)C(=O)NC1CCCC1. The van der Waals surface area contributed by atoms with Crippen LogP contribution in [0.3, 0.4) is 0 Å². The lowest BCUT2D eigenvalue weighted by molar-refractivity contribution is -0.129. The van der Waals surface area contributed by atoms with Crippen molar-refractivity contribution in [1.82, 2.24) is 5.32 Å². The third-order valence-electron chi connectivity index (χ3n) is 3.97. The van der Waals surface area contributed by atoms with E-state index >= 15 is 0 Å². The van der Waals surface area contributed by atoms with Crippen LogP contribution in [-0.4, -0.2) is 38.1 Å². The summed E-state index contributed by atoms with van der Waals surface area (Å²) in [5.41, 5.74) is 1.45. The lowest BCUT2D eigenvalue weighted by atomic mass is 10.2. The fourth-order valence-electron chi connectivity index (χ4n) is 2.57. The van der Waals surface area contributed by atoms with Crippen LogP contribution in [0.1, 0.15) is 43.0 Å². The number of hydrogen-bond acceptors (Lipinski definition) is 4. The van der Waals surface area contributed by atoms with Gasteiger partial charge in [0.2, 0.25) is 0 Å². The Morgan fingerprint density at radius 1 is 1.18 bits per heavy atom. The van der Waals surface area contributed by atoms with Gasteiger partial charge in [-0.3, -0.25) is 4.79 Å². The zero-order valence-corrected chi connectivity index (χ0v) is 13.5. The van der Waals surface area contributed by atoms with Gasteiger partial charge in [-0.05, 0) is 44.0 Å². The molecule has 1 aromatic carbocycles. The van der Waals surface area contributed by atoms with E-state index < -0.39 is 12.1 Å². The summed E-state index contributed by atoms with van der Waals surface area (Å²) >= 11 is 0. The molecule has 1 aliphatic carbocycles. The molecule has 22 heavy (non-hydrogen) atoms. The van der Waals surface area contributed by atoms with Crippen LogP contribution in [0, 0.1) is 0 Å². The monoisotopic (exact) mass is 304 g/mol. The molecule has 1 fully saturated rings. The van der Waals surface area contributed by atoms with E-state index in [9.17, 15) is 9.59 Å². The van der Waals surface area contributed by atoms with Gasteiger partial charge in [0.15, 0.2) is 6.10 Å². The number of anilines is 1. The number of nitrogens with zero attached hydrogens (tertiary/aromatic N) is 1. The molecule has 120 valence electrons. The summed E-state index contributed by atoms with van der Waals surface area (Å²) in [5.74, 6) is -0.690. The van der Waals surface area contributed by atoms with Crippen LogP contribution in [0.15, 0.2) is 24.3 Å². The van der Waals surface area contributed by atoms with E-state index in [0.29, 0.717) is 5.56 Å². The van der Waals surface area contributed by atoms with Gasteiger partial charge in [-0.2, -0.15) is 0 Å². The molecule has 1 unspecified atom stereocenters. The van der Waals surface area contributed by atoms with Crippen LogP contribution >= 0.6 is 0 Å². The molecule has 0 aromatic heterocycles. The lowest BCUT2D eigenvalue weighted by Crippen LogP contribution is -2.40. The molecule has 0 saturated heterocycles. The summed E-state index contributed by atoms with van der Waals surface area (Å²) in [4.78, 5) is 26.0. The average Bonchev–Trinajstić information content (AvgIpc) is 3.00. The summed E-state index contributed by atoms with van der Waals surface area (Å²) in [6.45, 7) is 1.61.